The molecule has 0 saturated carbocycles. The summed E-state index contributed by atoms with van der Waals surface area (Å²) in [6.07, 6.45) is 13.4. The SMILES string of the molecule is CC.CCCC.CCCCCCC.Cc1ccccc1.Sc1ccc2c(-c3ccncc3)c3ccccc3c(-c3cc4ccccc4c4ccccc34)c2c1. The Balaban J connectivity index is 0.000000278. The van der Waals surface area contributed by atoms with Crippen LogP contribution >= 0.6 is 12.6 Å². The molecule has 7 aromatic carbocycles. The number of unbranched alkanes of at least 4 members (excludes halogenated alkanes) is 5. The van der Waals surface area contributed by atoms with Crippen LogP contribution in [0.15, 0.2) is 157 Å². The molecule has 0 aliphatic heterocycles. The molecule has 1 aromatic heterocycles. The van der Waals surface area contributed by atoms with E-state index in [0.29, 0.717) is 0 Å². The lowest BCUT2D eigenvalue weighted by Crippen LogP contribution is -1.92. The molecule has 0 aliphatic rings. The van der Waals surface area contributed by atoms with Crippen LogP contribution < -0.4 is 0 Å². The van der Waals surface area contributed by atoms with Gasteiger partial charge in [0.25, 0.3) is 0 Å². The molecule has 0 spiro atoms. The van der Waals surface area contributed by atoms with E-state index in [0.717, 1.165) is 4.90 Å². The van der Waals surface area contributed by atoms with Crippen LogP contribution in [0.25, 0.3) is 65.3 Å². The number of aromatic nitrogens is 1. The number of aryl methyl sites for hydroxylation is 1. The maximum atomic E-state index is 4.76. The van der Waals surface area contributed by atoms with Gasteiger partial charge in [-0.05, 0) is 103 Å². The second-order valence-electron chi connectivity index (χ2n) is 13.7. The Kier molecular flexibility index (Phi) is 18.0. The Labute approximate surface area is 337 Å². The lowest BCUT2D eigenvalue weighted by Gasteiger charge is -2.20. The van der Waals surface area contributed by atoms with Gasteiger partial charge in [0.15, 0.2) is 0 Å². The minimum Gasteiger partial charge on any atom is -0.265 e. The standard InChI is InChI=1S/C33H21NS.C7H8.C7H16.C4H10.C2H6/c35-23-13-14-29-31(20-23)33(28-12-6-5-11-27(28)32(29)21-15-17-34-18-16-21)30-19-22-7-1-2-8-24(22)25-9-3-4-10-26(25)30;1-7-5-3-2-4-6-7;1-3-5-7-6-4-2;1-3-4-2;1-2/h1-20,35H;2-6H,1H3;3-7H2,1-2H3;3-4H2,1-2H3;1-2H3. The summed E-state index contributed by atoms with van der Waals surface area (Å²) in [5.74, 6) is 0. The van der Waals surface area contributed by atoms with E-state index in [2.05, 4.69) is 161 Å². The van der Waals surface area contributed by atoms with Gasteiger partial charge in [-0.2, -0.15) is 0 Å². The quantitative estimate of drug-likeness (QED) is 0.0742. The third-order valence-corrected chi connectivity index (χ3v) is 9.94. The van der Waals surface area contributed by atoms with Gasteiger partial charge in [0, 0.05) is 17.3 Å². The zero-order valence-electron chi connectivity index (χ0n) is 34.3. The molecule has 0 amide bonds. The van der Waals surface area contributed by atoms with Gasteiger partial charge in [-0.25, -0.2) is 0 Å². The first kappa shape index (κ1) is 42.8. The molecule has 0 unspecified atom stereocenters. The molecule has 0 fully saturated rings. The maximum Gasteiger partial charge on any atom is 0.0273 e. The number of nitrogens with zero attached hydrogens (tertiary/aromatic N) is 1. The third kappa shape index (κ3) is 11.3. The van der Waals surface area contributed by atoms with Crippen LogP contribution in [-0.4, -0.2) is 4.98 Å². The van der Waals surface area contributed by atoms with Crippen LogP contribution in [0.1, 0.15) is 92.1 Å². The summed E-state index contributed by atoms with van der Waals surface area (Å²) in [4.78, 5) is 5.22. The average Bonchev–Trinajstić information content (AvgIpc) is 3.24. The summed E-state index contributed by atoms with van der Waals surface area (Å²) in [7, 11) is 0. The molecule has 0 radical (unpaired) electrons. The van der Waals surface area contributed by atoms with Crippen molar-refractivity contribution in [1.82, 2.24) is 4.98 Å². The first-order chi connectivity index (χ1) is 27.0. The second kappa shape index (κ2) is 23.1. The smallest absolute Gasteiger partial charge is 0.0273 e. The highest BCUT2D eigenvalue weighted by atomic mass is 32.1. The van der Waals surface area contributed by atoms with Crippen LogP contribution in [0.4, 0.5) is 0 Å². The molecule has 55 heavy (non-hydrogen) atoms. The Morgan fingerprint density at radius 2 is 0.945 bits per heavy atom. The second-order valence-corrected chi connectivity index (χ2v) is 14.2. The zero-order chi connectivity index (χ0) is 39.4. The molecule has 1 nitrogen and oxygen atoms in total. The first-order valence-electron chi connectivity index (χ1n) is 20.5. The van der Waals surface area contributed by atoms with E-state index in [1.807, 2.05) is 44.4 Å². The fourth-order valence-corrected chi connectivity index (χ4v) is 6.96. The highest BCUT2D eigenvalue weighted by Gasteiger charge is 2.19. The first-order valence-corrected chi connectivity index (χ1v) is 21.0. The van der Waals surface area contributed by atoms with Crippen molar-refractivity contribution in [2.75, 3.05) is 0 Å². The van der Waals surface area contributed by atoms with Crippen LogP contribution in [-0.2, 0) is 0 Å². The monoisotopic (exact) mass is 743 g/mol. The topological polar surface area (TPSA) is 12.9 Å². The Morgan fingerprint density at radius 1 is 0.436 bits per heavy atom. The molecule has 0 N–H and O–H groups in total. The van der Waals surface area contributed by atoms with Crippen LogP contribution in [0.3, 0.4) is 0 Å². The molecular formula is C53H61NS. The van der Waals surface area contributed by atoms with E-state index < -0.39 is 0 Å². The van der Waals surface area contributed by atoms with E-state index in [1.165, 1.54) is 116 Å². The van der Waals surface area contributed by atoms with Crippen molar-refractivity contribution in [2.24, 2.45) is 0 Å². The minimum absolute atomic E-state index is 0.958. The predicted octanol–water partition coefficient (Wildman–Crippen LogP) is 17.1. The van der Waals surface area contributed by atoms with Gasteiger partial charge < -0.3 is 0 Å². The molecule has 0 saturated heterocycles. The van der Waals surface area contributed by atoms with Crippen molar-refractivity contribution >= 4 is 55.7 Å². The molecule has 8 aromatic rings. The predicted molar refractivity (Wildman–Crippen MR) is 250 cm³/mol. The van der Waals surface area contributed by atoms with Crippen LogP contribution in [0, 0.1) is 6.92 Å². The molecule has 284 valence electrons. The van der Waals surface area contributed by atoms with Crippen LogP contribution in [0.5, 0.6) is 0 Å². The van der Waals surface area contributed by atoms with Crippen LogP contribution in [0.2, 0.25) is 0 Å². The largest absolute Gasteiger partial charge is 0.265 e. The van der Waals surface area contributed by atoms with E-state index in [1.54, 1.807) is 0 Å². The van der Waals surface area contributed by atoms with Crippen molar-refractivity contribution in [3.05, 3.63) is 157 Å². The fraction of sp³-hybridized carbons (Fsp3) is 0.264. The number of hydrogen-bond acceptors (Lipinski definition) is 2. The van der Waals surface area contributed by atoms with Crippen molar-refractivity contribution in [1.29, 1.82) is 0 Å². The number of benzene rings is 7. The van der Waals surface area contributed by atoms with Gasteiger partial charge in [0.05, 0.1) is 0 Å². The Bertz CT molecular complexity index is 2320. The van der Waals surface area contributed by atoms with Crippen molar-refractivity contribution in [3.8, 4) is 22.3 Å². The number of hydrogen-bond donors (Lipinski definition) is 1. The summed E-state index contributed by atoms with van der Waals surface area (Å²) < 4.78 is 0. The molecule has 0 atom stereocenters. The Hall–Kier alpha value is -4.92. The zero-order valence-corrected chi connectivity index (χ0v) is 35.2. The van der Waals surface area contributed by atoms with Crippen molar-refractivity contribution < 1.29 is 0 Å². The highest BCUT2D eigenvalue weighted by Crippen LogP contribution is 2.46. The average molecular weight is 744 g/mol. The van der Waals surface area contributed by atoms with Gasteiger partial charge in [0.2, 0.25) is 0 Å². The third-order valence-electron chi connectivity index (χ3n) is 9.66. The van der Waals surface area contributed by atoms with E-state index >= 15 is 0 Å². The van der Waals surface area contributed by atoms with E-state index in [9.17, 15) is 0 Å². The summed E-state index contributed by atoms with van der Waals surface area (Å²) in [5.41, 5.74) is 6.23. The number of rotatable bonds is 7. The number of pyridine rings is 1. The van der Waals surface area contributed by atoms with Gasteiger partial charge in [0.1, 0.15) is 0 Å². The number of fused-ring (bicyclic) bond motifs is 5. The normalized spacial score (nSPS) is 10.3. The lowest BCUT2D eigenvalue weighted by molar-refractivity contribution is 0.656. The van der Waals surface area contributed by atoms with E-state index in [-0.39, 0.29) is 0 Å². The van der Waals surface area contributed by atoms with Gasteiger partial charge >= 0.3 is 0 Å². The summed E-state index contributed by atoms with van der Waals surface area (Å²) in [6, 6.07) is 49.5. The summed E-state index contributed by atoms with van der Waals surface area (Å²) in [6.45, 7) is 14.9. The van der Waals surface area contributed by atoms with Crippen molar-refractivity contribution in [3.63, 3.8) is 0 Å². The summed E-state index contributed by atoms with van der Waals surface area (Å²) >= 11 is 4.76. The molecule has 1 heterocycles. The highest BCUT2D eigenvalue weighted by molar-refractivity contribution is 7.80. The Morgan fingerprint density at radius 3 is 1.51 bits per heavy atom. The maximum absolute atomic E-state index is 4.76. The molecule has 0 aliphatic carbocycles. The van der Waals surface area contributed by atoms with E-state index in [4.69, 9.17) is 12.6 Å². The van der Waals surface area contributed by atoms with Crippen molar-refractivity contribution in [2.45, 2.75) is 98.3 Å². The molecule has 8 rings (SSSR count). The minimum atomic E-state index is 0.958. The lowest BCUT2D eigenvalue weighted by atomic mass is 9.84. The summed E-state index contributed by atoms with van der Waals surface area (Å²) in [5, 5.41) is 9.99. The van der Waals surface area contributed by atoms with Gasteiger partial charge in [-0.15, -0.1) is 12.6 Å². The molecule has 2 heteroatoms. The molecule has 0 bridgehead atoms. The van der Waals surface area contributed by atoms with Gasteiger partial charge in [-0.3, -0.25) is 4.98 Å². The molecular weight excluding hydrogens is 683 g/mol. The number of thiol groups is 1. The fourth-order valence-electron chi connectivity index (χ4n) is 6.76. The van der Waals surface area contributed by atoms with Gasteiger partial charge in [-0.1, -0.05) is 201 Å².